The first-order valence-corrected chi connectivity index (χ1v) is 3.94. The summed E-state index contributed by atoms with van der Waals surface area (Å²) in [5.74, 6) is 0.688. The van der Waals surface area contributed by atoms with Gasteiger partial charge in [-0.1, -0.05) is 13.0 Å². The molecule has 0 aromatic heterocycles. The van der Waals surface area contributed by atoms with Crippen molar-refractivity contribution in [2.24, 2.45) is 5.92 Å². The second kappa shape index (κ2) is 3.58. The van der Waals surface area contributed by atoms with Crippen LogP contribution in [-0.4, -0.2) is 16.8 Å². The van der Waals surface area contributed by atoms with Crippen molar-refractivity contribution in [1.29, 1.82) is 0 Å². The Balaban J connectivity index is 2.59. The van der Waals surface area contributed by atoms with Crippen molar-refractivity contribution < 1.29 is 10.2 Å². The predicted octanol–water partition coefficient (Wildman–Crippen LogP) is 1.78. The van der Waals surface area contributed by atoms with Crippen LogP contribution in [0, 0.1) is 5.92 Å². The summed E-state index contributed by atoms with van der Waals surface area (Å²) in [6, 6.07) is 0. The number of hydrogen-bond donors (Lipinski definition) is 2. The van der Waals surface area contributed by atoms with Gasteiger partial charge in [0.25, 0.3) is 0 Å². The topological polar surface area (TPSA) is 40.5 Å². The predicted molar refractivity (Wildman–Crippen MR) is 44.3 cm³/mol. The van der Waals surface area contributed by atoms with Crippen LogP contribution >= 0.6 is 0 Å². The van der Waals surface area contributed by atoms with Crippen molar-refractivity contribution in [2.45, 2.75) is 19.8 Å². The number of allylic oxidation sites excluding steroid dienone is 3. The molecule has 0 radical (unpaired) electrons. The summed E-state index contributed by atoms with van der Waals surface area (Å²) >= 11 is 0. The fourth-order valence-corrected chi connectivity index (χ4v) is 1.14. The average molecular weight is 154 g/mol. The first-order chi connectivity index (χ1) is 5.24. The van der Waals surface area contributed by atoms with E-state index in [0.717, 1.165) is 12.0 Å². The molecule has 1 unspecified atom stereocenters. The van der Waals surface area contributed by atoms with Gasteiger partial charge in [-0.05, 0) is 24.5 Å². The van der Waals surface area contributed by atoms with Gasteiger partial charge in [-0.15, -0.1) is 0 Å². The van der Waals surface area contributed by atoms with Crippen LogP contribution in [0.1, 0.15) is 19.8 Å². The molecule has 0 spiro atoms. The van der Waals surface area contributed by atoms with Crippen molar-refractivity contribution in [2.75, 3.05) is 6.61 Å². The third-order valence-electron chi connectivity index (χ3n) is 1.97. The summed E-state index contributed by atoms with van der Waals surface area (Å²) in [4.78, 5) is 0. The van der Waals surface area contributed by atoms with Gasteiger partial charge in [0.15, 0.2) is 0 Å². The summed E-state index contributed by atoms with van der Waals surface area (Å²) in [5, 5.41) is 17.9. The van der Waals surface area contributed by atoms with Crippen LogP contribution < -0.4 is 0 Å². The molecule has 0 aromatic carbocycles. The Morgan fingerprint density at radius 2 is 2.36 bits per heavy atom. The Bertz CT molecular complexity index is 192. The standard InChI is InChI=1S/C9H14O2/c1-7-2-3-8(4-5-10)6-9(7)11/h3,6-7,10-11H,2,4-5H2,1H3. The smallest absolute Gasteiger partial charge is 0.0956 e. The molecule has 11 heavy (non-hydrogen) atoms. The molecule has 1 atom stereocenters. The van der Waals surface area contributed by atoms with E-state index in [-0.39, 0.29) is 12.5 Å². The van der Waals surface area contributed by atoms with Gasteiger partial charge < -0.3 is 10.2 Å². The fourth-order valence-electron chi connectivity index (χ4n) is 1.14. The Kier molecular flexibility index (Phi) is 2.71. The molecule has 0 saturated heterocycles. The molecule has 1 aliphatic carbocycles. The number of aliphatic hydroxyl groups is 2. The van der Waals surface area contributed by atoms with Gasteiger partial charge in [-0.3, -0.25) is 0 Å². The van der Waals surface area contributed by atoms with Gasteiger partial charge >= 0.3 is 0 Å². The fraction of sp³-hybridized carbons (Fsp3) is 0.556. The number of rotatable bonds is 2. The van der Waals surface area contributed by atoms with Crippen LogP contribution in [0.3, 0.4) is 0 Å². The van der Waals surface area contributed by atoms with Crippen LogP contribution in [0.4, 0.5) is 0 Å². The zero-order chi connectivity index (χ0) is 8.27. The lowest BCUT2D eigenvalue weighted by Gasteiger charge is -2.14. The van der Waals surface area contributed by atoms with Crippen molar-refractivity contribution >= 4 is 0 Å². The Morgan fingerprint density at radius 3 is 2.91 bits per heavy atom. The molecule has 0 aliphatic heterocycles. The van der Waals surface area contributed by atoms with E-state index in [1.54, 1.807) is 6.08 Å². The maximum atomic E-state index is 9.31. The average Bonchev–Trinajstić information content (AvgIpc) is 1.98. The molecule has 1 rings (SSSR count). The van der Waals surface area contributed by atoms with Crippen molar-refractivity contribution in [3.05, 3.63) is 23.5 Å². The molecule has 62 valence electrons. The Hall–Kier alpha value is -0.760. The molecule has 0 aromatic rings. The van der Waals surface area contributed by atoms with Gasteiger partial charge in [0.05, 0.1) is 5.76 Å². The van der Waals surface area contributed by atoms with E-state index in [0.29, 0.717) is 12.2 Å². The molecule has 2 N–H and O–H groups in total. The van der Waals surface area contributed by atoms with Crippen molar-refractivity contribution in [3.8, 4) is 0 Å². The highest BCUT2D eigenvalue weighted by atomic mass is 16.3. The molecule has 2 nitrogen and oxygen atoms in total. The molecule has 0 heterocycles. The molecule has 2 heteroatoms. The summed E-state index contributed by atoms with van der Waals surface area (Å²) in [5.41, 5.74) is 1.04. The van der Waals surface area contributed by atoms with Gasteiger partial charge in [0.2, 0.25) is 0 Å². The quantitative estimate of drug-likeness (QED) is 0.636. The third kappa shape index (κ3) is 2.09. The molecular formula is C9H14O2. The van der Waals surface area contributed by atoms with Crippen LogP contribution in [0.2, 0.25) is 0 Å². The largest absolute Gasteiger partial charge is 0.512 e. The van der Waals surface area contributed by atoms with Gasteiger partial charge in [-0.25, -0.2) is 0 Å². The molecular weight excluding hydrogens is 140 g/mol. The van der Waals surface area contributed by atoms with E-state index >= 15 is 0 Å². The van der Waals surface area contributed by atoms with Gasteiger partial charge in [0.1, 0.15) is 0 Å². The van der Waals surface area contributed by atoms with Crippen LogP contribution in [0.25, 0.3) is 0 Å². The Labute approximate surface area is 66.9 Å². The maximum Gasteiger partial charge on any atom is 0.0956 e. The van der Waals surface area contributed by atoms with Crippen LogP contribution in [0.15, 0.2) is 23.5 Å². The molecule has 0 amide bonds. The number of aliphatic hydroxyl groups excluding tert-OH is 2. The molecule has 0 bridgehead atoms. The first-order valence-electron chi connectivity index (χ1n) is 3.94. The first kappa shape index (κ1) is 8.34. The van der Waals surface area contributed by atoms with Gasteiger partial charge in [-0.2, -0.15) is 0 Å². The minimum absolute atomic E-state index is 0.157. The van der Waals surface area contributed by atoms with E-state index in [1.165, 1.54) is 0 Å². The Morgan fingerprint density at radius 1 is 1.64 bits per heavy atom. The van der Waals surface area contributed by atoms with Crippen molar-refractivity contribution in [1.82, 2.24) is 0 Å². The van der Waals surface area contributed by atoms with E-state index in [1.807, 2.05) is 6.92 Å². The molecule has 0 fully saturated rings. The van der Waals surface area contributed by atoms with E-state index in [9.17, 15) is 5.11 Å². The van der Waals surface area contributed by atoms with E-state index in [2.05, 4.69) is 6.08 Å². The van der Waals surface area contributed by atoms with Gasteiger partial charge in [0, 0.05) is 12.5 Å². The second-order valence-electron chi connectivity index (χ2n) is 2.96. The summed E-state index contributed by atoms with van der Waals surface area (Å²) in [6.07, 6.45) is 5.36. The minimum Gasteiger partial charge on any atom is -0.512 e. The molecule has 0 saturated carbocycles. The number of hydrogen-bond acceptors (Lipinski definition) is 2. The summed E-state index contributed by atoms with van der Waals surface area (Å²) in [6.45, 7) is 2.14. The monoisotopic (exact) mass is 154 g/mol. The minimum atomic E-state index is 0.157. The lowest BCUT2D eigenvalue weighted by atomic mass is 9.95. The lowest BCUT2D eigenvalue weighted by molar-refractivity contribution is 0.297. The normalized spacial score (nSPS) is 24.4. The van der Waals surface area contributed by atoms with Crippen LogP contribution in [-0.2, 0) is 0 Å². The second-order valence-corrected chi connectivity index (χ2v) is 2.96. The van der Waals surface area contributed by atoms with E-state index in [4.69, 9.17) is 5.11 Å². The summed E-state index contributed by atoms with van der Waals surface area (Å²) in [7, 11) is 0. The zero-order valence-corrected chi connectivity index (χ0v) is 6.75. The maximum absolute atomic E-state index is 9.31. The van der Waals surface area contributed by atoms with Crippen LogP contribution in [0.5, 0.6) is 0 Å². The lowest BCUT2D eigenvalue weighted by Crippen LogP contribution is -2.03. The molecule has 1 aliphatic rings. The third-order valence-corrected chi connectivity index (χ3v) is 1.97. The highest BCUT2D eigenvalue weighted by molar-refractivity contribution is 5.26. The zero-order valence-electron chi connectivity index (χ0n) is 6.75. The van der Waals surface area contributed by atoms with Crippen molar-refractivity contribution in [3.63, 3.8) is 0 Å². The van der Waals surface area contributed by atoms with E-state index < -0.39 is 0 Å². The summed E-state index contributed by atoms with van der Waals surface area (Å²) < 4.78 is 0. The SMILES string of the molecule is CC1CC=C(CCO)C=C1O. The highest BCUT2D eigenvalue weighted by Crippen LogP contribution is 2.22. The highest BCUT2D eigenvalue weighted by Gasteiger charge is 2.11.